The van der Waals surface area contributed by atoms with E-state index in [2.05, 4.69) is 5.10 Å². The summed E-state index contributed by atoms with van der Waals surface area (Å²) in [5.74, 6) is 0. The first kappa shape index (κ1) is 18.0. The van der Waals surface area contributed by atoms with Crippen LogP contribution in [0.5, 0.6) is 0 Å². The molecule has 0 radical (unpaired) electrons. The predicted octanol–water partition coefficient (Wildman–Crippen LogP) is 1.48. The third-order valence-corrected chi connectivity index (χ3v) is 4.50. The molecule has 0 N–H and O–H groups in total. The maximum atomic E-state index is 13.0. The summed E-state index contributed by atoms with van der Waals surface area (Å²) in [6, 6.07) is -0.331. The lowest BCUT2D eigenvalue weighted by Crippen LogP contribution is -2.47. The van der Waals surface area contributed by atoms with E-state index in [9.17, 15) is 18.0 Å². The highest BCUT2D eigenvalue weighted by molar-refractivity contribution is 5.74. The Morgan fingerprint density at radius 3 is 2.84 bits per heavy atom. The fraction of sp³-hybridized carbons (Fsp3) is 0.733. The van der Waals surface area contributed by atoms with Gasteiger partial charge in [0.1, 0.15) is 5.60 Å². The fourth-order valence-corrected chi connectivity index (χ4v) is 3.32. The smallest absolute Gasteiger partial charge is 0.376 e. The van der Waals surface area contributed by atoms with E-state index in [0.29, 0.717) is 39.3 Å². The first-order valence-electron chi connectivity index (χ1n) is 8.02. The van der Waals surface area contributed by atoms with Crippen LogP contribution in [0.2, 0.25) is 0 Å². The van der Waals surface area contributed by atoms with Gasteiger partial charge in [-0.2, -0.15) is 18.3 Å². The van der Waals surface area contributed by atoms with Gasteiger partial charge in [-0.05, 0) is 6.42 Å². The molecule has 1 aromatic heterocycles. The number of likely N-dealkylation sites (tertiary alicyclic amines) is 1. The minimum atomic E-state index is -4.55. The molecule has 2 saturated heterocycles. The molecule has 3 heterocycles. The van der Waals surface area contributed by atoms with E-state index >= 15 is 0 Å². The van der Waals surface area contributed by atoms with Crippen LogP contribution in [-0.4, -0.2) is 71.2 Å². The van der Waals surface area contributed by atoms with Crippen LogP contribution in [0.15, 0.2) is 6.20 Å². The number of carbonyl (C=O) groups is 1. The van der Waals surface area contributed by atoms with E-state index < -0.39 is 17.5 Å². The van der Waals surface area contributed by atoms with Crippen LogP contribution in [0.25, 0.3) is 0 Å². The molecule has 1 unspecified atom stereocenters. The maximum Gasteiger partial charge on any atom is 0.435 e. The van der Waals surface area contributed by atoms with Crippen LogP contribution >= 0.6 is 0 Å². The Balaban J connectivity index is 1.66. The molecular formula is C15H21F3N4O3. The molecule has 7 nitrogen and oxygen atoms in total. The molecule has 10 heteroatoms. The largest absolute Gasteiger partial charge is 0.435 e. The number of alkyl halides is 3. The normalized spacial score (nSPS) is 24.1. The Kier molecular flexibility index (Phi) is 4.67. The van der Waals surface area contributed by atoms with Gasteiger partial charge in [0.2, 0.25) is 0 Å². The van der Waals surface area contributed by atoms with Crippen molar-refractivity contribution in [3.63, 3.8) is 0 Å². The molecule has 1 aromatic rings. The summed E-state index contributed by atoms with van der Waals surface area (Å²) in [5, 5.41) is 3.46. The highest BCUT2D eigenvalue weighted by Gasteiger charge is 2.44. The third kappa shape index (κ3) is 3.74. The summed E-state index contributed by atoms with van der Waals surface area (Å²) in [4.78, 5) is 15.5. The number of hydrogen-bond acceptors (Lipinski definition) is 4. The van der Waals surface area contributed by atoms with Gasteiger partial charge in [0.25, 0.3) is 0 Å². The van der Waals surface area contributed by atoms with Gasteiger partial charge in [-0.15, -0.1) is 0 Å². The Bertz CT molecular complexity index is 640. The third-order valence-electron chi connectivity index (χ3n) is 4.50. The first-order chi connectivity index (χ1) is 11.7. The van der Waals surface area contributed by atoms with Crippen molar-refractivity contribution in [3.05, 3.63) is 17.5 Å². The van der Waals surface area contributed by atoms with Crippen molar-refractivity contribution in [1.29, 1.82) is 0 Å². The summed E-state index contributed by atoms with van der Waals surface area (Å²) in [6.45, 7) is 2.17. The zero-order chi connectivity index (χ0) is 18.2. The van der Waals surface area contributed by atoms with Crippen molar-refractivity contribution in [1.82, 2.24) is 19.6 Å². The highest BCUT2D eigenvalue weighted by atomic mass is 19.4. The second-order valence-electron chi connectivity index (χ2n) is 6.57. The van der Waals surface area contributed by atoms with E-state index in [4.69, 9.17) is 9.47 Å². The molecule has 0 bridgehead atoms. The van der Waals surface area contributed by atoms with Crippen LogP contribution in [0.1, 0.15) is 17.7 Å². The summed E-state index contributed by atoms with van der Waals surface area (Å²) in [5.41, 5.74) is -1.48. The van der Waals surface area contributed by atoms with Gasteiger partial charge in [0, 0.05) is 32.4 Å². The van der Waals surface area contributed by atoms with E-state index in [-0.39, 0.29) is 18.1 Å². The Labute approximate surface area is 143 Å². The lowest BCUT2D eigenvalue weighted by molar-refractivity contribution is -0.148. The zero-order valence-corrected chi connectivity index (χ0v) is 14.2. The molecule has 2 amide bonds. The molecule has 2 aliphatic rings. The average Bonchev–Trinajstić information content (AvgIpc) is 3.11. The summed E-state index contributed by atoms with van der Waals surface area (Å²) < 4.78 is 51.4. The molecule has 1 atom stereocenters. The van der Waals surface area contributed by atoms with E-state index in [1.807, 2.05) is 0 Å². The van der Waals surface area contributed by atoms with E-state index in [0.717, 1.165) is 4.68 Å². The number of nitrogens with zero attached hydrogens (tertiary/aromatic N) is 4. The number of ether oxygens (including phenoxy) is 2. The van der Waals surface area contributed by atoms with Gasteiger partial charge in [0.15, 0.2) is 5.69 Å². The average molecular weight is 362 g/mol. The van der Waals surface area contributed by atoms with E-state index in [1.54, 1.807) is 4.90 Å². The topological polar surface area (TPSA) is 59.8 Å². The predicted molar refractivity (Wildman–Crippen MR) is 80.8 cm³/mol. The number of halogens is 3. The van der Waals surface area contributed by atoms with Crippen LogP contribution in [0.4, 0.5) is 18.0 Å². The first-order valence-corrected chi connectivity index (χ1v) is 8.02. The summed E-state index contributed by atoms with van der Waals surface area (Å²) >= 11 is 0. The van der Waals surface area contributed by atoms with Crippen LogP contribution in [0.3, 0.4) is 0 Å². The molecule has 0 saturated carbocycles. The fourth-order valence-electron chi connectivity index (χ4n) is 3.32. The molecule has 0 aromatic carbocycles. The van der Waals surface area contributed by atoms with Crippen molar-refractivity contribution in [3.8, 4) is 0 Å². The summed E-state index contributed by atoms with van der Waals surface area (Å²) in [6.07, 6.45) is -2.60. The minimum Gasteiger partial charge on any atom is -0.376 e. The lowest BCUT2D eigenvalue weighted by atomic mass is 10.0. The van der Waals surface area contributed by atoms with Crippen molar-refractivity contribution < 1.29 is 27.4 Å². The van der Waals surface area contributed by atoms with Crippen molar-refractivity contribution >= 4 is 6.03 Å². The van der Waals surface area contributed by atoms with Crippen LogP contribution in [0, 0.1) is 0 Å². The van der Waals surface area contributed by atoms with Gasteiger partial charge in [-0.1, -0.05) is 0 Å². The number of urea groups is 1. The molecule has 1 spiro atoms. The molecule has 2 aliphatic heterocycles. The Morgan fingerprint density at radius 1 is 1.44 bits per heavy atom. The van der Waals surface area contributed by atoms with Gasteiger partial charge in [0.05, 0.1) is 32.9 Å². The number of aromatic nitrogens is 2. The molecule has 3 rings (SSSR count). The SMILES string of the molecule is CN(Cc1cn(C)nc1C(F)(F)F)C(=O)N1CCC2(COCCO2)C1. The molecule has 25 heavy (non-hydrogen) atoms. The number of aryl methyl sites for hydroxylation is 1. The Morgan fingerprint density at radius 2 is 2.20 bits per heavy atom. The molecule has 0 aliphatic carbocycles. The molecule has 140 valence electrons. The second-order valence-corrected chi connectivity index (χ2v) is 6.57. The lowest BCUT2D eigenvalue weighted by Gasteiger charge is -2.33. The molecular weight excluding hydrogens is 341 g/mol. The number of carbonyl (C=O) groups excluding carboxylic acids is 1. The van der Waals surface area contributed by atoms with Crippen molar-refractivity contribution in [2.45, 2.75) is 24.7 Å². The highest BCUT2D eigenvalue weighted by Crippen LogP contribution is 2.32. The van der Waals surface area contributed by atoms with Crippen LogP contribution < -0.4 is 0 Å². The number of hydrogen-bond donors (Lipinski definition) is 0. The second kappa shape index (κ2) is 6.49. The quantitative estimate of drug-likeness (QED) is 0.800. The van der Waals surface area contributed by atoms with E-state index in [1.165, 1.54) is 25.2 Å². The monoisotopic (exact) mass is 362 g/mol. The van der Waals surface area contributed by atoms with Gasteiger partial charge >= 0.3 is 12.2 Å². The number of rotatable bonds is 2. The number of amides is 2. The van der Waals surface area contributed by atoms with Crippen LogP contribution in [-0.2, 0) is 29.2 Å². The van der Waals surface area contributed by atoms with Crippen molar-refractivity contribution in [2.75, 3.05) is 40.0 Å². The summed E-state index contributed by atoms with van der Waals surface area (Å²) in [7, 11) is 2.91. The Hall–Kier alpha value is -1.81. The zero-order valence-electron chi connectivity index (χ0n) is 14.2. The van der Waals surface area contributed by atoms with Gasteiger partial charge < -0.3 is 19.3 Å². The standard InChI is InChI=1S/C15H21F3N4O3/c1-20(7-11-8-21(2)19-12(11)15(16,17)18)13(23)22-4-3-14(9-22)10-24-5-6-25-14/h8H,3-7,9-10H2,1-2H3. The molecule has 2 fully saturated rings. The van der Waals surface area contributed by atoms with Gasteiger partial charge in [-0.3, -0.25) is 4.68 Å². The minimum absolute atomic E-state index is 0.0305. The van der Waals surface area contributed by atoms with Gasteiger partial charge in [-0.25, -0.2) is 4.79 Å². The van der Waals surface area contributed by atoms with Crippen molar-refractivity contribution in [2.24, 2.45) is 7.05 Å². The maximum absolute atomic E-state index is 13.0.